The number of benzene rings is 1. The van der Waals surface area contributed by atoms with Crippen LogP contribution >= 0.6 is 11.6 Å². The lowest BCUT2D eigenvalue weighted by atomic mass is 10.1. The first-order chi connectivity index (χ1) is 11.0. The van der Waals surface area contributed by atoms with Gasteiger partial charge in [-0.1, -0.05) is 57.6 Å². The van der Waals surface area contributed by atoms with Gasteiger partial charge in [0.1, 0.15) is 14.1 Å². The quantitative estimate of drug-likeness (QED) is 0.635. The molecule has 1 atom stereocenters. The predicted octanol–water partition coefficient (Wildman–Crippen LogP) is 3.36. The SMILES string of the molecule is CC(C)(C)[Si](C)(C)C#CC[C@@H](NC(=O)c1ccccc1Cl)C(N)=O. The number of nitrogens with one attached hydrogen (secondary N) is 1. The molecule has 130 valence electrons. The highest BCUT2D eigenvalue weighted by atomic mass is 35.5. The molecule has 0 spiro atoms. The number of amides is 2. The topological polar surface area (TPSA) is 72.2 Å². The third-order valence-corrected chi connectivity index (χ3v) is 9.23. The van der Waals surface area contributed by atoms with E-state index in [1.807, 2.05) is 0 Å². The summed E-state index contributed by atoms with van der Waals surface area (Å²) in [6, 6.07) is 5.81. The van der Waals surface area contributed by atoms with Gasteiger partial charge in [0, 0.05) is 6.42 Å². The number of nitrogens with two attached hydrogens (primary N) is 1. The molecule has 24 heavy (non-hydrogen) atoms. The van der Waals surface area contributed by atoms with E-state index >= 15 is 0 Å². The summed E-state index contributed by atoms with van der Waals surface area (Å²) in [6.07, 6.45) is 0.192. The Morgan fingerprint density at radius 2 is 1.88 bits per heavy atom. The molecule has 3 N–H and O–H groups in total. The summed E-state index contributed by atoms with van der Waals surface area (Å²) in [5.74, 6) is 2.01. The first-order valence-electron chi connectivity index (χ1n) is 7.80. The monoisotopic (exact) mass is 364 g/mol. The summed E-state index contributed by atoms with van der Waals surface area (Å²) >= 11 is 6.00. The van der Waals surface area contributed by atoms with E-state index in [0.29, 0.717) is 10.6 Å². The number of carbonyl (C=O) groups is 2. The van der Waals surface area contributed by atoms with Crippen LogP contribution in [0, 0.1) is 11.5 Å². The van der Waals surface area contributed by atoms with Crippen LogP contribution in [0.2, 0.25) is 23.2 Å². The van der Waals surface area contributed by atoms with Gasteiger partial charge in [0.25, 0.3) is 5.91 Å². The van der Waals surface area contributed by atoms with E-state index in [2.05, 4.69) is 50.6 Å². The molecule has 0 saturated heterocycles. The van der Waals surface area contributed by atoms with Crippen molar-refractivity contribution in [1.29, 1.82) is 0 Å². The summed E-state index contributed by atoms with van der Waals surface area (Å²) in [5.41, 5.74) is 9.01. The van der Waals surface area contributed by atoms with E-state index in [9.17, 15) is 9.59 Å². The Labute approximate surface area is 150 Å². The molecule has 0 aliphatic heterocycles. The lowest BCUT2D eigenvalue weighted by Crippen LogP contribution is -2.44. The minimum atomic E-state index is -1.77. The molecule has 0 unspecified atom stereocenters. The number of carbonyl (C=O) groups excluding carboxylic acids is 2. The van der Waals surface area contributed by atoms with Crippen LogP contribution in [-0.2, 0) is 4.79 Å². The van der Waals surface area contributed by atoms with Crippen molar-refractivity contribution in [3.05, 3.63) is 34.9 Å². The fraction of sp³-hybridized carbons (Fsp3) is 0.444. The third kappa shape index (κ3) is 5.40. The normalized spacial score (nSPS) is 12.8. The smallest absolute Gasteiger partial charge is 0.253 e. The predicted molar refractivity (Wildman–Crippen MR) is 101 cm³/mol. The van der Waals surface area contributed by atoms with Crippen LogP contribution in [0.3, 0.4) is 0 Å². The highest BCUT2D eigenvalue weighted by molar-refractivity contribution is 6.87. The molecule has 0 aromatic heterocycles. The van der Waals surface area contributed by atoms with Crippen LogP contribution < -0.4 is 11.1 Å². The molecular weight excluding hydrogens is 340 g/mol. The zero-order valence-corrected chi connectivity index (χ0v) is 16.6. The van der Waals surface area contributed by atoms with Gasteiger partial charge < -0.3 is 11.1 Å². The molecule has 0 heterocycles. The van der Waals surface area contributed by atoms with Crippen LogP contribution in [0.5, 0.6) is 0 Å². The molecule has 4 nitrogen and oxygen atoms in total. The molecule has 0 aliphatic carbocycles. The van der Waals surface area contributed by atoms with Crippen LogP contribution in [0.4, 0.5) is 0 Å². The van der Waals surface area contributed by atoms with Gasteiger partial charge in [-0.15, -0.1) is 11.5 Å². The highest BCUT2D eigenvalue weighted by Crippen LogP contribution is 2.35. The molecule has 0 radical (unpaired) electrons. The number of hydrogen-bond acceptors (Lipinski definition) is 2. The summed E-state index contributed by atoms with van der Waals surface area (Å²) in [6.45, 7) is 10.9. The van der Waals surface area contributed by atoms with Crippen LogP contribution in [0.15, 0.2) is 24.3 Å². The third-order valence-electron chi connectivity index (χ3n) is 4.35. The van der Waals surface area contributed by atoms with Crippen molar-refractivity contribution in [3.63, 3.8) is 0 Å². The number of primary amides is 1. The van der Waals surface area contributed by atoms with Crippen molar-refractivity contribution in [3.8, 4) is 11.5 Å². The van der Waals surface area contributed by atoms with Gasteiger partial charge in [-0.05, 0) is 17.2 Å². The van der Waals surface area contributed by atoms with Crippen LogP contribution in [0.25, 0.3) is 0 Å². The maximum absolute atomic E-state index is 12.3. The van der Waals surface area contributed by atoms with Crippen LogP contribution in [-0.4, -0.2) is 25.9 Å². The minimum Gasteiger partial charge on any atom is -0.368 e. The van der Waals surface area contributed by atoms with E-state index < -0.39 is 25.9 Å². The molecule has 0 aliphatic rings. The van der Waals surface area contributed by atoms with Crippen molar-refractivity contribution in [2.45, 2.75) is 51.4 Å². The molecule has 2 amide bonds. The molecule has 0 fully saturated rings. The lowest BCUT2D eigenvalue weighted by molar-refractivity contribution is -0.119. The first kappa shape index (κ1) is 20.3. The fourth-order valence-electron chi connectivity index (χ4n) is 1.67. The van der Waals surface area contributed by atoms with Gasteiger partial charge in [-0.25, -0.2) is 0 Å². The van der Waals surface area contributed by atoms with Crippen LogP contribution in [0.1, 0.15) is 37.6 Å². The van der Waals surface area contributed by atoms with E-state index in [4.69, 9.17) is 17.3 Å². The van der Waals surface area contributed by atoms with Crippen molar-refractivity contribution in [2.75, 3.05) is 0 Å². The summed E-state index contributed by atoms with van der Waals surface area (Å²) in [5, 5.41) is 3.07. The van der Waals surface area contributed by atoms with Crippen molar-refractivity contribution < 1.29 is 9.59 Å². The Balaban J connectivity index is 2.86. The first-order valence-corrected chi connectivity index (χ1v) is 11.2. The zero-order chi connectivity index (χ0) is 18.5. The molecular formula is C18H25ClN2O2Si. The Kier molecular flexibility index (Phi) is 6.64. The average Bonchev–Trinajstić information content (AvgIpc) is 2.45. The summed E-state index contributed by atoms with van der Waals surface area (Å²) < 4.78 is 0. The van der Waals surface area contributed by atoms with E-state index in [0.717, 1.165) is 0 Å². The number of hydrogen-bond donors (Lipinski definition) is 2. The van der Waals surface area contributed by atoms with E-state index in [-0.39, 0.29) is 11.5 Å². The van der Waals surface area contributed by atoms with Gasteiger partial charge in [-0.2, -0.15) is 0 Å². The Hall–Kier alpha value is -1.77. The lowest BCUT2D eigenvalue weighted by Gasteiger charge is -2.31. The molecule has 0 saturated carbocycles. The Morgan fingerprint density at radius 3 is 2.38 bits per heavy atom. The molecule has 6 heteroatoms. The summed E-state index contributed by atoms with van der Waals surface area (Å²) in [4.78, 5) is 23.9. The van der Waals surface area contributed by atoms with Crippen molar-refractivity contribution >= 4 is 31.5 Å². The Morgan fingerprint density at radius 1 is 1.29 bits per heavy atom. The average molecular weight is 365 g/mol. The highest BCUT2D eigenvalue weighted by Gasteiger charge is 2.33. The van der Waals surface area contributed by atoms with Gasteiger partial charge in [0.05, 0.1) is 10.6 Å². The molecule has 1 rings (SSSR count). The zero-order valence-electron chi connectivity index (χ0n) is 14.9. The van der Waals surface area contributed by atoms with Gasteiger partial charge in [0.15, 0.2) is 0 Å². The second-order valence-electron chi connectivity index (χ2n) is 7.29. The maximum atomic E-state index is 12.3. The molecule has 1 aromatic carbocycles. The van der Waals surface area contributed by atoms with E-state index in [1.54, 1.807) is 24.3 Å². The second-order valence-corrected chi connectivity index (χ2v) is 12.7. The fourth-order valence-corrected chi connectivity index (χ4v) is 2.81. The molecule has 0 bridgehead atoms. The molecule has 1 aromatic rings. The number of halogens is 1. The largest absolute Gasteiger partial charge is 0.368 e. The standard InChI is InChI=1S/C18H25ClN2O2Si/c1-18(2,3)24(4,5)12-8-11-15(16(20)22)21-17(23)13-9-6-7-10-14(13)19/h6-7,9-10,15H,11H2,1-5H3,(H2,20,22)(H,21,23)/t15-/m1/s1. The van der Waals surface area contributed by atoms with Crippen molar-refractivity contribution in [2.24, 2.45) is 5.73 Å². The minimum absolute atomic E-state index is 0.128. The second kappa shape index (κ2) is 7.87. The van der Waals surface area contributed by atoms with E-state index in [1.165, 1.54) is 0 Å². The summed E-state index contributed by atoms with van der Waals surface area (Å²) in [7, 11) is -1.77. The van der Waals surface area contributed by atoms with Gasteiger partial charge in [-0.3, -0.25) is 9.59 Å². The van der Waals surface area contributed by atoms with Gasteiger partial charge in [0.2, 0.25) is 5.91 Å². The van der Waals surface area contributed by atoms with Gasteiger partial charge >= 0.3 is 0 Å². The van der Waals surface area contributed by atoms with Crippen molar-refractivity contribution in [1.82, 2.24) is 5.32 Å². The Bertz CT molecular complexity index is 684. The number of rotatable bonds is 4. The maximum Gasteiger partial charge on any atom is 0.253 e.